The highest BCUT2D eigenvalue weighted by molar-refractivity contribution is 5.28. The first-order valence-electron chi connectivity index (χ1n) is 4.63. The van der Waals surface area contributed by atoms with Crippen LogP contribution >= 0.6 is 0 Å². The number of hydrogen-bond donors (Lipinski definition) is 1. The molecule has 0 aromatic heterocycles. The molecule has 0 aliphatic rings. The zero-order valence-corrected chi connectivity index (χ0v) is 8.50. The Bertz CT molecular complexity index is 239. The van der Waals surface area contributed by atoms with E-state index >= 15 is 0 Å². The first kappa shape index (κ1) is 10.1. The molecule has 1 N–H and O–H groups in total. The van der Waals surface area contributed by atoms with E-state index in [0.717, 1.165) is 12.2 Å². The van der Waals surface area contributed by atoms with Gasteiger partial charge in [0.05, 0.1) is 7.11 Å². The van der Waals surface area contributed by atoms with Crippen molar-refractivity contribution in [3.05, 3.63) is 29.8 Å². The summed E-state index contributed by atoms with van der Waals surface area (Å²) in [5, 5.41) is 3.26. The van der Waals surface area contributed by atoms with Gasteiger partial charge in [-0.2, -0.15) is 0 Å². The molecule has 1 aromatic rings. The Hall–Kier alpha value is -1.02. The number of hydrogen-bond acceptors (Lipinski definition) is 2. The SMILES string of the molecule is CCC(NC)c1ccc(OC)cc1. The smallest absolute Gasteiger partial charge is 0.118 e. The Morgan fingerprint density at radius 3 is 2.31 bits per heavy atom. The maximum atomic E-state index is 5.10. The molecule has 0 heterocycles. The van der Waals surface area contributed by atoms with E-state index in [0.29, 0.717) is 6.04 Å². The lowest BCUT2D eigenvalue weighted by Gasteiger charge is -2.14. The molecule has 0 amide bonds. The molecule has 1 unspecified atom stereocenters. The van der Waals surface area contributed by atoms with Crippen molar-refractivity contribution in [3.8, 4) is 5.75 Å². The van der Waals surface area contributed by atoms with Crippen LogP contribution in [0.15, 0.2) is 24.3 Å². The summed E-state index contributed by atoms with van der Waals surface area (Å²) in [4.78, 5) is 0. The Labute approximate surface area is 79.9 Å². The lowest BCUT2D eigenvalue weighted by molar-refractivity contribution is 0.414. The monoisotopic (exact) mass is 179 g/mol. The second-order valence-corrected chi connectivity index (χ2v) is 3.02. The highest BCUT2D eigenvalue weighted by Crippen LogP contribution is 2.19. The van der Waals surface area contributed by atoms with Crippen LogP contribution in [0.1, 0.15) is 24.9 Å². The van der Waals surface area contributed by atoms with E-state index in [1.807, 2.05) is 19.2 Å². The molecule has 1 aromatic carbocycles. The highest BCUT2D eigenvalue weighted by atomic mass is 16.5. The zero-order chi connectivity index (χ0) is 9.68. The van der Waals surface area contributed by atoms with Crippen LogP contribution in [0.25, 0.3) is 0 Å². The fourth-order valence-corrected chi connectivity index (χ4v) is 1.44. The van der Waals surface area contributed by atoms with E-state index in [1.165, 1.54) is 5.56 Å². The predicted molar refractivity (Wildman–Crippen MR) is 55.1 cm³/mol. The number of nitrogens with one attached hydrogen (secondary N) is 1. The molecule has 1 rings (SSSR count). The van der Waals surface area contributed by atoms with Crippen LogP contribution in [-0.2, 0) is 0 Å². The summed E-state index contributed by atoms with van der Waals surface area (Å²) in [7, 11) is 3.67. The molecule has 2 heteroatoms. The third-order valence-corrected chi connectivity index (χ3v) is 2.27. The largest absolute Gasteiger partial charge is 0.497 e. The third-order valence-electron chi connectivity index (χ3n) is 2.27. The van der Waals surface area contributed by atoms with Gasteiger partial charge in [-0.3, -0.25) is 0 Å². The van der Waals surface area contributed by atoms with Crippen molar-refractivity contribution < 1.29 is 4.74 Å². The molecule has 0 spiro atoms. The van der Waals surface area contributed by atoms with Crippen molar-refractivity contribution in [2.45, 2.75) is 19.4 Å². The lowest BCUT2D eigenvalue weighted by Crippen LogP contribution is -2.14. The average molecular weight is 179 g/mol. The van der Waals surface area contributed by atoms with Gasteiger partial charge in [-0.15, -0.1) is 0 Å². The molecule has 0 bridgehead atoms. The van der Waals surface area contributed by atoms with Crippen molar-refractivity contribution in [2.75, 3.05) is 14.2 Å². The molecular formula is C11H17NO. The molecule has 2 nitrogen and oxygen atoms in total. The van der Waals surface area contributed by atoms with Crippen molar-refractivity contribution in [3.63, 3.8) is 0 Å². The summed E-state index contributed by atoms with van der Waals surface area (Å²) in [5.41, 5.74) is 1.31. The van der Waals surface area contributed by atoms with Crippen molar-refractivity contribution in [2.24, 2.45) is 0 Å². The van der Waals surface area contributed by atoms with Gasteiger partial charge in [-0.25, -0.2) is 0 Å². The Balaban J connectivity index is 2.78. The third kappa shape index (κ3) is 2.46. The second kappa shape index (κ2) is 4.87. The molecule has 0 saturated carbocycles. The van der Waals surface area contributed by atoms with Crippen molar-refractivity contribution in [1.82, 2.24) is 5.32 Å². The summed E-state index contributed by atoms with van der Waals surface area (Å²) in [6.45, 7) is 2.17. The average Bonchev–Trinajstić information content (AvgIpc) is 2.21. The summed E-state index contributed by atoms with van der Waals surface area (Å²) in [5.74, 6) is 0.912. The Morgan fingerprint density at radius 2 is 1.92 bits per heavy atom. The molecule has 13 heavy (non-hydrogen) atoms. The Kier molecular flexibility index (Phi) is 3.77. The second-order valence-electron chi connectivity index (χ2n) is 3.02. The molecule has 0 fully saturated rings. The van der Waals surface area contributed by atoms with E-state index in [4.69, 9.17) is 4.74 Å². The maximum Gasteiger partial charge on any atom is 0.118 e. The van der Waals surface area contributed by atoms with Crippen molar-refractivity contribution >= 4 is 0 Å². The topological polar surface area (TPSA) is 21.3 Å². The minimum atomic E-state index is 0.450. The van der Waals surface area contributed by atoms with E-state index in [1.54, 1.807) is 7.11 Å². The fraction of sp³-hybridized carbons (Fsp3) is 0.455. The minimum absolute atomic E-state index is 0.450. The molecule has 0 aliphatic heterocycles. The molecule has 0 saturated heterocycles. The number of ether oxygens (including phenoxy) is 1. The lowest BCUT2D eigenvalue weighted by atomic mass is 10.1. The van der Waals surface area contributed by atoms with Crippen LogP contribution in [-0.4, -0.2) is 14.2 Å². The van der Waals surface area contributed by atoms with Crippen LogP contribution < -0.4 is 10.1 Å². The van der Waals surface area contributed by atoms with Gasteiger partial charge in [-0.05, 0) is 31.2 Å². The van der Waals surface area contributed by atoms with E-state index in [9.17, 15) is 0 Å². The standard InChI is InChI=1S/C11H17NO/c1-4-11(12-2)9-5-7-10(13-3)8-6-9/h5-8,11-12H,4H2,1-3H3. The minimum Gasteiger partial charge on any atom is -0.497 e. The van der Waals surface area contributed by atoms with Crippen molar-refractivity contribution in [1.29, 1.82) is 0 Å². The van der Waals surface area contributed by atoms with Gasteiger partial charge in [0.25, 0.3) is 0 Å². The zero-order valence-electron chi connectivity index (χ0n) is 8.50. The number of rotatable bonds is 4. The van der Waals surface area contributed by atoms with Crippen LogP contribution in [0, 0.1) is 0 Å². The quantitative estimate of drug-likeness (QED) is 0.766. The fourth-order valence-electron chi connectivity index (χ4n) is 1.44. The molecule has 1 atom stereocenters. The van der Waals surface area contributed by atoms with E-state index < -0.39 is 0 Å². The van der Waals surface area contributed by atoms with Crippen LogP contribution in [0.3, 0.4) is 0 Å². The van der Waals surface area contributed by atoms with E-state index in [-0.39, 0.29) is 0 Å². The first-order valence-corrected chi connectivity index (χ1v) is 4.63. The highest BCUT2D eigenvalue weighted by Gasteiger charge is 2.05. The predicted octanol–water partition coefficient (Wildman–Crippen LogP) is 2.37. The molecule has 0 aliphatic carbocycles. The van der Waals surface area contributed by atoms with Crippen LogP contribution in [0.4, 0.5) is 0 Å². The molecular weight excluding hydrogens is 162 g/mol. The molecule has 72 valence electrons. The van der Waals surface area contributed by atoms with Gasteiger partial charge >= 0.3 is 0 Å². The molecule has 0 radical (unpaired) electrons. The van der Waals surface area contributed by atoms with Gasteiger partial charge in [0.2, 0.25) is 0 Å². The number of methoxy groups -OCH3 is 1. The summed E-state index contributed by atoms with van der Waals surface area (Å²) in [6.07, 6.45) is 1.10. The first-order chi connectivity index (χ1) is 6.31. The maximum absolute atomic E-state index is 5.10. The summed E-state index contributed by atoms with van der Waals surface area (Å²) < 4.78 is 5.10. The van der Waals surface area contributed by atoms with Gasteiger partial charge in [-0.1, -0.05) is 19.1 Å². The van der Waals surface area contributed by atoms with Crippen LogP contribution in [0.2, 0.25) is 0 Å². The summed E-state index contributed by atoms with van der Waals surface area (Å²) >= 11 is 0. The van der Waals surface area contributed by atoms with Crippen LogP contribution in [0.5, 0.6) is 5.75 Å². The van der Waals surface area contributed by atoms with Gasteiger partial charge in [0.15, 0.2) is 0 Å². The number of benzene rings is 1. The van der Waals surface area contributed by atoms with E-state index in [2.05, 4.69) is 24.4 Å². The normalized spacial score (nSPS) is 12.5. The van der Waals surface area contributed by atoms with Gasteiger partial charge < -0.3 is 10.1 Å². The summed E-state index contributed by atoms with van der Waals surface area (Å²) in [6, 6.07) is 8.64. The van der Waals surface area contributed by atoms with Gasteiger partial charge in [0, 0.05) is 6.04 Å². The Morgan fingerprint density at radius 1 is 1.31 bits per heavy atom. The van der Waals surface area contributed by atoms with Gasteiger partial charge in [0.1, 0.15) is 5.75 Å².